The van der Waals surface area contributed by atoms with Crippen LogP contribution in [0, 0.1) is 17.0 Å². The predicted octanol–water partition coefficient (Wildman–Crippen LogP) is 2.82. The third kappa shape index (κ3) is 2.94. The molecule has 5 nitrogen and oxygen atoms in total. The summed E-state index contributed by atoms with van der Waals surface area (Å²) in [6, 6.07) is 2.75. The minimum Gasteiger partial charge on any atom is -0.462 e. The summed E-state index contributed by atoms with van der Waals surface area (Å²) >= 11 is 5.70. The van der Waals surface area contributed by atoms with Gasteiger partial charge in [-0.1, -0.05) is 0 Å². The van der Waals surface area contributed by atoms with Crippen LogP contribution in [0.25, 0.3) is 0 Å². The number of halogens is 1. The maximum absolute atomic E-state index is 11.6. The van der Waals surface area contributed by atoms with E-state index in [0.29, 0.717) is 11.1 Å². The van der Waals surface area contributed by atoms with Crippen LogP contribution in [0.15, 0.2) is 12.1 Å². The van der Waals surface area contributed by atoms with Crippen LogP contribution in [-0.2, 0) is 10.6 Å². The summed E-state index contributed by atoms with van der Waals surface area (Å²) in [4.78, 5) is 21.8. The topological polar surface area (TPSA) is 69.4 Å². The van der Waals surface area contributed by atoms with Gasteiger partial charge in [-0.15, -0.1) is 11.6 Å². The lowest BCUT2D eigenvalue weighted by Gasteiger charge is -2.07. The lowest BCUT2D eigenvalue weighted by Crippen LogP contribution is -2.09. The highest BCUT2D eigenvalue weighted by Crippen LogP contribution is 2.25. The van der Waals surface area contributed by atoms with E-state index < -0.39 is 10.9 Å². The van der Waals surface area contributed by atoms with Crippen LogP contribution >= 0.6 is 11.6 Å². The zero-order valence-corrected chi connectivity index (χ0v) is 10.3. The monoisotopic (exact) mass is 257 g/mol. The van der Waals surface area contributed by atoms with Crippen LogP contribution in [0.1, 0.15) is 28.4 Å². The average Bonchev–Trinajstić information content (AvgIpc) is 2.28. The number of nitrogens with zero attached hydrogens (tertiary/aromatic N) is 1. The Morgan fingerprint density at radius 1 is 1.53 bits per heavy atom. The van der Waals surface area contributed by atoms with Crippen LogP contribution in [0.3, 0.4) is 0 Å². The normalized spacial score (nSPS) is 10.1. The largest absolute Gasteiger partial charge is 0.462 e. The Morgan fingerprint density at radius 3 is 2.65 bits per heavy atom. The molecule has 0 atom stereocenters. The number of nitro benzene ring substituents is 1. The first-order chi connectivity index (χ1) is 8.01. The molecule has 0 aliphatic rings. The summed E-state index contributed by atoms with van der Waals surface area (Å²) in [5.74, 6) is -0.512. The fraction of sp³-hybridized carbons (Fsp3) is 0.364. The molecular weight excluding hydrogens is 246 g/mol. The number of hydrogen-bond acceptors (Lipinski definition) is 4. The molecule has 0 unspecified atom stereocenters. The molecular formula is C11H12ClNO4. The van der Waals surface area contributed by atoms with Crippen LogP contribution < -0.4 is 0 Å². The third-order valence-corrected chi connectivity index (χ3v) is 2.58. The van der Waals surface area contributed by atoms with Crippen molar-refractivity contribution in [3.63, 3.8) is 0 Å². The summed E-state index contributed by atoms with van der Waals surface area (Å²) in [6.07, 6.45) is 0. The Bertz CT molecular complexity index is 459. The fourth-order valence-electron chi connectivity index (χ4n) is 1.40. The highest BCUT2D eigenvalue weighted by molar-refractivity contribution is 6.17. The smallest absolute Gasteiger partial charge is 0.345 e. The minimum absolute atomic E-state index is 0.0573. The third-order valence-electron chi connectivity index (χ3n) is 2.29. The molecule has 0 aliphatic heterocycles. The first-order valence-corrected chi connectivity index (χ1v) is 5.55. The van der Waals surface area contributed by atoms with Gasteiger partial charge in [0.25, 0.3) is 5.69 Å². The maximum atomic E-state index is 11.6. The Labute approximate surface area is 103 Å². The van der Waals surface area contributed by atoms with E-state index in [2.05, 4.69) is 0 Å². The van der Waals surface area contributed by atoms with Gasteiger partial charge in [0.1, 0.15) is 5.56 Å². The zero-order chi connectivity index (χ0) is 13.0. The molecule has 0 N–H and O–H groups in total. The molecule has 1 rings (SSSR count). The van der Waals surface area contributed by atoms with E-state index in [-0.39, 0.29) is 23.7 Å². The van der Waals surface area contributed by atoms with E-state index >= 15 is 0 Å². The number of carbonyl (C=O) groups is 1. The van der Waals surface area contributed by atoms with Crippen molar-refractivity contribution in [2.24, 2.45) is 0 Å². The molecule has 0 spiro atoms. The van der Waals surface area contributed by atoms with Crippen molar-refractivity contribution in [1.82, 2.24) is 0 Å². The second-order valence-corrected chi connectivity index (χ2v) is 3.67. The standard InChI is InChI=1S/C11H12ClNO4/c1-3-17-11(14)9-5-8(6-12)7(2)4-10(9)13(15)16/h4-5H,3,6H2,1-2H3. The molecule has 0 bridgehead atoms. The SMILES string of the molecule is CCOC(=O)c1cc(CCl)c(C)cc1[N+](=O)[O-]. The summed E-state index contributed by atoms with van der Waals surface area (Å²) < 4.78 is 4.77. The lowest BCUT2D eigenvalue weighted by molar-refractivity contribution is -0.385. The molecule has 0 heterocycles. The number of alkyl halides is 1. The summed E-state index contributed by atoms with van der Waals surface area (Å²) in [5, 5.41) is 10.8. The fourth-order valence-corrected chi connectivity index (χ4v) is 1.69. The molecule has 17 heavy (non-hydrogen) atoms. The number of ether oxygens (including phenoxy) is 1. The summed E-state index contributed by atoms with van der Waals surface area (Å²) in [7, 11) is 0. The first-order valence-electron chi connectivity index (χ1n) is 5.02. The van der Waals surface area contributed by atoms with Gasteiger partial charge in [0, 0.05) is 11.9 Å². The Hall–Kier alpha value is -1.62. The number of aryl methyl sites for hydroxylation is 1. The molecule has 6 heteroatoms. The van der Waals surface area contributed by atoms with Crippen LogP contribution in [0.2, 0.25) is 0 Å². The Morgan fingerprint density at radius 2 is 2.18 bits per heavy atom. The highest BCUT2D eigenvalue weighted by atomic mass is 35.5. The summed E-state index contributed by atoms with van der Waals surface area (Å²) in [6.45, 7) is 3.51. The second-order valence-electron chi connectivity index (χ2n) is 3.41. The van der Waals surface area contributed by atoms with Crippen LogP contribution in [-0.4, -0.2) is 17.5 Å². The van der Waals surface area contributed by atoms with Crippen molar-refractivity contribution >= 4 is 23.3 Å². The second kappa shape index (κ2) is 5.63. The van der Waals surface area contributed by atoms with Gasteiger partial charge < -0.3 is 4.74 Å². The van der Waals surface area contributed by atoms with Gasteiger partial charge in [-0.2, -0.15) is 0 Å². The predicted molar refractivity (Wildman–Crippen MR) is 63.3 cm³/mol. The number of hydrogen-bond donors (Lipinski definition) is 0. The zero-order valence-electron chi connectivity index (χ0n) is 9.53. The molecule has 0 aliphatic carbocycles. The minimum atomic E-state index is -0.703. The summed E-state index contributed by atoms with van der Waals surface area (Å²) in [5.41, 5.74) is 1.05. The Balaban J connectivity index is 3.33. The quantitative estimate of drug-likeness (QED) is 0.360. The first kappa shape index (κ1) is 13.4. The van der Waals surface area contributed by atoms with E-state index in [4.69, 9.17) is 16.3 Å². The van der Waals surface area contributed by atoms with Crippen molar-refractivity contribution in [3.05, 3.63) is 38.9 Å². The van der Waals surface area contributed by atoms with Gasteiger partial charge in [0.15, 0.2) is 0 Å². The average molecular weight is 258 g/mol. The van der Waals surface area contributed by atoms with E-state index in [1.54, 1.807) is 13.8 Å². The van der Waals surface area contributed by atoms with Gasteiger partial charge in [-0.25, -0.2) is 4.79 Å². The highest BCUT2D eigenvalue weighted by Gasteiger charge is 2.22. The van der Waals surface area contributed by atoms with Crippen molar-refractivity contribution in [2.75, 3.05) is 6.61 Å². The van der Waals surface area contributed by atoms with E-state index in [0.717, 1.165) is 0 Å². The van der Waals surface area contributed by atoms with Gasteiger partial charge in [0.05, 0.1) is 11.5 Å². The van der Waals surface area contributed by atoms with Crippen LogP contribution in [0.5, 0.6) is 0 Å². The maximum Gasteiger partial charge on any atom is 0.345 e. The molecule has 92 valence electrons. The molecule has 0 radical (unpaired) electrons. The van der Waals surface area contributed by atoms with Crippen LogP contribution in [0.4, 0.5) is 5.69 Å². The van der Waals surface area contributed by atoms with Gasteiger partial charge in [0.2, 0.25) is 0 Å². The molecule has 1 aromatic rings. The number of nitro groups is 1. The molecule has 0 saturated heterocycles. The van der Waals surface area contributed by atoms with Crippen molar-refractivity contribution in [1.29, 1.82) is 0 Å². The van der Waals surface area contributed by atoms with Crippen molar-refractivity contribution in [3.8, 4) is 0 Å². The van der Waals surface area contributed by atoms with Gasteiger partial charge >= 0.3 is 5.97 Å². The van der Waals surface area contributed by atoms with Crippen molar-refractivity contribution < 1.29 is 14.5 Å². The van der Waals surface area contributed by atoms with E-state index in [9.17, 15) is 14.9 Å². The van der Waals surface area contributed by atoms with Gasteiger partial charge in [-0.3, -0.25) is 10.1 Å². The molecule has 0 saturated carbocycles. The molecule has 0 fully saturated rings. The number of rotatable bonds is 4. The lowest BCUT2D eigenvalue weighted by atomic mass is 10.0. The number of benzene rings is 1. The van der Waals surface area contributed by atoms with E-state index in [1.165, 1.54) is 12.1 Å². The number of esters is 1. The van der Waals surface area contributed by atoms with E-state index in [1.807, 2.05) is 0 Å². The molecule has 1 aromatic carbocycles. The molecule has 0 aromatic heterocycles. The van der Waals surface area contributed by atoms with Crippen molar-refractivity contribution in [2.45, 2.75) is 19.7 Å². The number of carbonyl (C=O) groups excluding carboxylic acids is 1. The van der Waals surface area contributed by atoms with Gasteiger partial charge in [-0.05, 0) is 31.0 Å². The molecule has 0 amide bonds. The Kier molecular flexibility index (Phi) is 4.45.